The summed E-state index contributed by atoms with van der Waals surface area (Å²) in [5.41, 5.74) is 1.05. The topological polar surface area (TPSA) is 39.1 Å². The highest BCUT2D eigenvalue weighted by atomic mass is 15.1. The summed E-state index contributed by atoms with van der Waals surface area (Å²) in [5.74, 6) is -0.137. The molecule has 0 heterocycles. The molecule has 3 heteroatoms. The smallest absolute Gasteiger partial charge is 0.104 e. The van der Waals surface area contributed by atoms with Crippen LogP contribution in [0.2, 0.25) is 0 Å². The van der Waals surface area contributed by atoms with Gasteiger partial charge in [0, 0.05) is 25.8 Å². The maximum atomic E-state index is 9.05. The first-order valence-corrected chi connectivity index (χ1v) is 5.10. The Morgan fingerprint density at radius 1 is 1.47 bits per heavy atom. The Balaban J connectivity index is 2.72. The molecule has 0 spiro atoms. The highest BCUT2D eigenvalue weighted by Gasteiger charge is 2.14. The summed E-state index contributed by atoms with van der Waals surface area (Å²) in [7, 11) is 3.94. The molecule has 0 radical (unpaired) electrons. The van der Waals surface area contributed by atoms with Gasteiger partial charge in [-0.05, 0) is 13.1 Å². The molecule has 0 aliphatic heterocycles. The van der Waals surface area contributed by atoms with E-state index in [0.717, 1.165) is 18.8 Å². The van der Waals surface area contributed by atoms with Crippen LogP contribution >= 0.6 is 0 Å². The molecule has 3 nitrogen and oxygen atoms in total. The van der Waals surface area contributed by atoms with E-state index in [1.807, 2.05) is 44.5 Å². The molecule has 1 aliphatic carbocycles. The largest absolute Gasteiger partial charge is 0.375 e. The Labute approximate surface area is 91.4 Å². The van der Waals surface area contributed by atoms with Crippen LogP contribution in [-0.4, -0.2) is 32.1 Å². The Kier molecular flexibility index (Phi) is 4.65. The third-order valence-corrected chi connectivity index (χ3v) is 2.39. The number of hydrogen-bond acceptors (Lipinski definition) is 3. The molecule has 15 heavy (non-hydrogen) atoms. The van der Waals surface area contributed by atoms with E-state index < -0.39 is 0 Å². The van der Waals surface area contributed by atoms with Crippen molar-refractivity contribution in [2.24, 2.45) is 5.92 Å². The van der Waals surface area contributed by atoms with Crippen LogP contribution in [0.5, 0.6) is 0 Å². The summed E-state index contributed by atoms with van der Waals surface area (Å²) < 4.78 is 0. The van der Waals surface area contributed by atoms with Crippen LogP contribution in [0.4, 0.5) is 0 Å². The lowest BCUT2D eigenvalue weighted by molar-refractivity contribution is 0.394. The third kappa shape index (κ3) is 3.26. The van der Waals surface area contributed by atoms with E-state index in [2.05, 4.69) is 16.3 Å². The zero-order chi connectivity index (χ0) is 11.1. The average Bonchev–Trinajstić information content (AvgIpc) is 2.50. The van der Waals surface area contributed by atoms with Crippen LogP contribution < -0.4 is 5.32 Å². The Morgan fingerprint density at radius 3 is 2.93 bits per heavy atom. The number of nitrogens with zero attached hydrogens (tertiary/aromatic N) is 2. The normalized spacial score (nSPS) is 19.3. The predicted molar refractivity (Wildman–Crippen MR) is 62.0 cm³/mol. The molecule has 0 aromatic carbocycles. The van der Waals surface area contributed by atoms with Gasteiger partial charge in [-0.1, -0.05) is 24.3 Å². The van der Waals surface area contributed by atoms with Gasteiger partial charge < -0.3 is 10.2 Å². The van der Waals surface area contributed by atoms with Gasteiger partial charge in [0.05, 0.1) is 6.07 Å². The van der Waals surface area contributed by atoms with Crippen molar-refractivity contribution in [3.8, 4) is 6.07 Å². The number of likely N-dealkylation sites (N-methyl/N-ethyl adjacent to an activating group) is 2. The molecule has 0 bridgehead atoms. The Bertz CT molecular complexity index is 320. The third-order valence-electron chi connectivity index (χ3n) is 2.39. The van der Waals surface area contributed by atoms with E-state index in [9.17, 15) is 0 Å². The summed E-state index contributed by atoms with van der Waals surface area (Å²) in [6, 6.07) is 2.29. The van der Waals surface area contributed by atoms with Crippen molar-refractivity contribution < 1.29 is 0 Å². The second-order valence-electron chi connectivity index (χ2n) is 3.49. The number of nitrogens with one attached hydrogen (secondary N) is 1. The standard InChI is InChI=1S/C12H17N3/c1-14-8-9-15(2)12-7-5-3-4-6-11(12)10-13/h3-7,11,14H,8-9H2,1-2H3. The molecule has 0 aromatic heterocycles. The highest BCUT2D eigenvalue weighted by Crippen LogP contribution is 2.17. The SMILES string of the molecule is CNCCN(C)C1=CC=CC=CC1C#N. The van der Waals surface area contributed by atoms with E-state index in [4.69, 9.17) is 5.26 Å². The van der Waals surface area contributed by atoms with Gasteiger partial charge in [-0.3, -0.25) is 0 Å². The van der Waals surface area contributed by atoms with E-state index >= 15 is 0 Å². The molecule has 80 valence electrons. The number of rotatable bonds is 4. The molecule has 0 amide bonds. The van der Waals surface area contributed by atoms with Crippen molar-refractivity contribution in [3.63, 3.8) is 0 Å². The van der Waals surface area contributed by atoms with E-state index in [1.54, 1.807) is 0 Å². The second-order valence-corrected chi connectivity index (χ2v) is 3.49. The lowest BCUT2D eigenvalue weighted by atomic mass is 10.1. The molecule has 1 N–H and O–H groups in total. The maximum Gasteiger partial charge on any atom is 0.104 e. The summed E-state index contributed by atoms with van der Waals surface area (Å²) in [6.45, 7) is 1.82. The molecule has 0 saturated carbocycles. The lowest BCUT2D eigenvalue weighted by Gasteiger charge is -2.24. The van der Waals surface area contributed by atoms with Crippen LogP contribution in [0.1, 0.15) is 0 Å². The summed E-state index contributed by atoms with van der Waals surface area (Å²) in [5, 5.41) is 12.1. The van der Waals surface area contributed by atoms with Crippen LogP contribution in [0.3, 0.4) is 0 Å². The first-order chi connectivity index (χ1) is 7.29. The van der Waals surface area contributed by atoms with E-state index in [0.29, 0.717) is 0 Å². The Hall–Kier alpha value is -1.53. The fraction of sp³-hybridized carbons (Fsp3) is 0.417. The lowest BCUT2D eigenvalue weighted by Crippen LogP contribution is -2.29. The number of hydrogen-bond donors (Lipinski definition) is 1. The van der Waals surface area contributed by atoms with Crippen molar-refractivity contribution >= 4 is 0 Å². The van der Waals surface area contributed by atoms with Crippen LogP contribution in [0.15, 0.2) is 36.1 Å². The van der Waals surface area contributed by atoms with Crippen molar-refractivity contribution in [1.82, 2.24) is 10.2 Å². The van der Waals surface area contributed by atoms with Crippen LogP contribution in [-0.2, 0) is 0 Å². The average molecular weight is 203 g/mol. The molecule has 1 unspecified atom stereocenters. The molecule has 0 fully saturated rings. The zero-order valence-corrected chi connectivity index (χ0v) is 9.27. The summed E-state index contributed by atoms with van der Waals surface area (Å²) >= 11 is 0. The molecule has 1 aliphatic rings. The van der Waals surface area contributed by atoms with Crippen LogP contribution in [0, 0.1) is 17.2 Å². The monoisotopic (exact) mass is 203 g/mol. The molecule has 0 aromatic rings. The molecule has 1 atom stereocenters. The van der Waals surface area contributed by atoms with Crippen molar-refractivity contribution in [1.29, 1.82) is 5.26 Å². The fourth-order valence-corrected chi connectivity index (χ4v) is 1.48. The van der Waals surface area contributed by atoms with Gasteiger partial charge in [0.15, 0.2) is 0 Å². The van der Waals surface area contributed by atoms with Gasteiger partial charge in [0.25, 0.3) is 0 Å². The Morgan fingerprint density at radius 2 is 2.27 bits per heavy atom. The molecular weight excluding hydrogens is 186 g/mol. The quantitative estimate of drug-likeness (QED) is 0.748. The summed E-state index contributed by atoms with van der Waals surface area (Å²) in [6.07, 6.45) is 9.76. The van der Waals surface area contributed by atoms with E-state index in [1.165, 1.54) is 0 Å². The summed E-state index contributed by atoms with van der Waals surface area (Å²) in [4.78, 5) is 2.12. The second kappa shape index (κ2) is 6.05. The van der Waals surface area contributed by atoms with Gasteiger partial charge in [-0.15, -0.1) is 0 Å². The fourth-order valence-electron chi connectivity index (χ4n) is 1.48. The number of nitriles is 1. The van der Waals surface area contributed by atoms with E-state index in [-0.39, 0.29) is 5.92 Å². The minimum Gasteiger partial charge on any atom is -0.375 e. The maximum absolute atomic E-state index is 9.05. The predicted octanol–water partition coefficient (Wildman–Crippen LogP) is 1.29. The van der Waals surface area contributed by atoms with Crippen LogP contribution in [0.25, 0.3) is 0 Å². The highest BCUT2D eigenvalue weighted by molar-refractivity contribution is 5.30. The van der Waals surface area contributed by atoms with Crippen molar-refractivity contribution in [3.05, 3.63) is 36.1 Å². The molecule has 0 saturated heterocycles. The zero-order valence-electron chi connectivity index (χ0n) is 9.27. The van der Waals surface area contributed by atoms with Crippen molar-refractivity contribution in [2.45, 2.75) is 0 Å². The molecule has 1 rings (SSSR count). The van der Waals surface area contributed by atoms with Gasteiger partial charge in [-0.2, -0.15) is 5.26 Å². The minimum atomic E-state index is -0.137. The minimum absolute atomic E-state index is 0.137. The van der Waals surface area contributed by atoms with Crippen molar-refractivity contribution in [2.75, 3.05) is 27.2 Å². The first kappa shape index (κ1) is 11.5. The number of allylic oxidation sites excluding steroid dienone is 5. The van der Waals surface area contributed by atoms with Gasteiger partial charge >= 0.3 is 0 Å². The molecular formula is C12H17N3. The van der Waals surface area contributed by atoms with Gasteiger partial charge in [0.1, 0.15) is 5.92 Å². The van der Waals surface area contributed by atoms with Gasteiger partial charge in [-0.25, -0.2) is 0 Å². The van der Waals surface area contributed by atoms with Gasteiger partial charge in [0.2, 0.25) is 0 Å². The first-order valence-electron chi connectivity index (χ1n) is 5.10.